The molecule has 0 radical (unpaired) electrons. The van der Waals surface area contributed by atoms with Crippen LogP contribution in [0.1, 0.15) is 50.1 Å². The summed E-state index contributed by atoms with van der Waals surface area (Å²) >= 11 is 0. The molecule has 0 heterocycles. The molecule has 280 valence electrons. The van der Waals surface area contributed by atoms with E-state index in [4.69, 9.17) is 0 Å². The molecular weight excluding hydrogens is 732 g/mol. The number of benzene rings is 9. The van der Waals surface area contributed by atoms with Gasteiger partial charge >= 0.3 is 0 Å². The Morgan fingerprint density at radius 2 is 0.750 bits per heavy atom. The van der Waals surface area contributed by atoms with Gasteiger partial charge in [-0.2, -0.15) is 5.26 Å². The molecule has 0 atom stereocenters. The Morgan fingerprint density at radius 1 is 0.367 bits per heavy atom. The lowest BCUT2D eigenvalue weighted by molar-refractivity contribution is 0.628. The molecule has 1 spiro atoms. The third-order valence-electron chi connectivity index (χ3n) is 13.3. The topological polar surface area (TPSA) is 27.0 Å². The van der Waals surface area contributed by atoms with Gasteiger partial charge in [0.05, 0.1) is 28.2 Å². The van der Waals surface area contributed by atoms with E-state index in [1.165, 1.54) is 50.6 Å². The zero-order chi connectivity index (χ0) is 40.0. The van der Waals surface area contributed by atoms with Crippen LogP contribution in [0.5, 0.6) is 0 Å². The van der Waals surface area contributed by atoms with Crippen LogP contribution in [-0.4, -0.2) is 0 Å². The molecule has 0 saturated carbocycles. The van der Waals surface area contributed by atoms with Crippen molar-refractivity contribution in [3.63, 3.8) is 0 Å². The monoisotopic (exact) mass is 766 g/mol. The number of nitriles is 1. The second-order valence-electron chi connectivity index (χ2n) is 16.0. The Balaban J connectivity index is 1.15. The van der Waals surface area contributed by atoms with E-state index in [1.54, 1.807) is 12.1 Å². The summed E-state index contributed by atoms with van der Waals surface area (Å²) in [7, 11) is 0. The van der Waals surface area contributed by atoms with Crippen LogP contribution in [-0.2, 0) is 10.8 Å². The number of nitrogens with zero attached hydrogens (tertiary/aromatic N) is 2. The quantitative estimate of drug-likeness (QED) is 0.174. The Bertz CT molecular complexity index is 3040. The minimum atomic E-state index is -0.639. The number of anilines is 3. The molecule has 0 N–H and O–H groups in total. The smallest absolute Gasteiger partial charge is 0.148 e. The number of hydrogen-bond acceptors (Lipinski definition) is 2. The van der Waals surface area contributed by atoms with Crippen LogP contribution in [0, 0.1) is 17.1 Å². The standard InChI is InChI=1S/C57H35FN2/c58-54-33-37(36-59)27-32-55(54)60(40-28-30-46-44-21-7-11-23-48(44)56(52(46)34-40,38-15-3-1-4-16-38)39-17-5-2-6-18-39)41-29-31-47-45-22-10-14-26-51(45)57(53(47)35-41)49-24-12-8-19-42(49)43-20-9-13-25-50(43)57/h1-35H. The van der Waals surface area contributed by atoms with Gasteiger partial charge in [0.2, 0.25) is 0 Å². The summed E-state index contributed by atoms with van der Waals surface area (Å²) in [5.74, 6) is -0.467. The first-order valence-corrected chi connectivity index (χ1v) is 20.4. The van der Waals surface area contributed by atoms with Crippen molar-refractivity contribution in [2.45, 2.75) is 10.8 Å². The summed E-state index contributed by atoms with van der Waals surface area (Å²) in [6, 6.07) is 76.7. The third-order valence-corrected chi connectivity index (χ3v) is 13.3. The van der Waals surface area contributed by atoms with Gasteiger partial charge in [0.15, 0.2) is 0 Å². The Labute approximate surface area is 348 Å². The van der Waals surface area contributed by atoms with Crippen LogP contribution < -0.4 is 4.90 Å². The summed E-state index contributed by atoms with van der Waals surface area (Å²) in [5.41, 5.74) is 17.8. The van der Waals surface area contributed by atoms with Crippen molar-refractivity contribution in [1.29, 1.82) is 5.26 Å². The van der Waals surface area contributed by atoms with Crippen molar-refractivity contribution in [1.82, 2.24) is 0 Å². The van der Waals surface area contributed by atoms with Gasteiger partial charge in [0.25, 0.3) is 0 Å². The summed E-state index contributed by atoms with van der Waals surface area (Å²) in [5, 5.41) is 9.83. The molecule has 0 bridgehead atoms. The van der Waals surface area contributed by atoms with Crippen molar-refractivity contribution in [3.05, 3.63) is 268 Å². The average molecular weight is 767 g/mol. The normalized spacial score (nSPS) is 14.0. The predicted octanol–water partition coefficient (Wildman–Crippen LogP) is 13.9. The molecule has 9 aromatic carbocycles. The SMILES string of the molecule is N#Cc1ccc(N(c2ccc3c(c2)C(c2ccccc2)(c2ccccc2)c2ccccc2-3)c2ccc3c(c2)C2(c4ccccc4-c4ccccc42)c2ccccc2-3)c(F)c1. The van der Waals surface area contributed by atoms with E-state index >= 15 is 4.39 Å². The number of hydrogen-bond donors (Lipinski definition) is 0. The van der Waals surface area contributed by atoms with Crippen molar-refractivity contribution < 1.29 is 4.39 Å². The molecule has 2 nitrogen and oxygen atoms in total. The van der Waals surface area contributed by atoms with Gasteiger partial charge in [-0.25, -0.2) is 4.39 Å². The maximum atomic E-state index is 16.8. The van der Waals surface area contributed by atoms with Crippen molar-refractivity contribution >= 4 is 17.1 Å². The third kappa shape index (κ3) is 4.45. The molecule has 0 amide bonds. The molecule has 0 aliphatic heterocycles. The van der Waals surface area contributed by atoms with Gasteiger partial charge in [-0.1, -0.05) is 170 Å². The summed E-state index contributed by atoms with van der Waals surface area (Å²) in [4.78, 5) is 2.05. The molecular formula is C57H35FN2. The molecule has 0 fully saturated rings. The van der Waals surface area contributed by atoms with Crippen LogP contribution >= 0.6 is 0 Å². The van der Waals surface area contributed by atoms with Crippen LogP contribution in [0.15, 0.2) is 212 Å². The highest BCUT2D eigenvalue weighted by Gasteiger charge is 2.52. The molecule has 12 rings (SSSR count). The lowest BCUT2D eigenvalue weighted by atomic mass is 9.67. The molecule has 3 heteroatoms. The van der Waals surface area contributed by atoms with Crippen molar-refractivity contribution in [2.24, 2.45) is 0 Å². The first-order chi connectivity index (χ1) is 29.6. The first-order valence-electron chi connectivity index (χ1n) is 20.4. The number of rotatable bonds is 5. The molecule has 0 aromatic heterocycles. The summed E-state index contributed by atoms with van der Waals surface area (Å²) in [6.07, 6.45) is 0. The zero-order valence-corrected chi connectivity index (χ0v) is 32.5. The van der Waals surface area contributed by atoms with Crippen LogP contribution in [0.3, 0.4) is 0 Å². The van der Waals surface area contributed by atoms with Gasteiger partial charge in [0.1, 0.15) is 5.82 Å². The van der Waals surface area contributed by atoms with E-state index < -0.39 is 16.6 Å². The maximum absolute atomic E-state index is 16.8. The lowest BCUT2D eigenvalue weighted by Crippen LogP contribution is -2.28. The van der Waals surface area contributed by atoms with Crippen LogP contribution in [0.25, 0.3) is 33.4 Å². The Morgan fingerprint density at radius 3 is 1.18 bits per heavy atom. The number of fused-ring (bicyclic) bond motifs is 13. The summed E-state index contributed by atoms with van der Waals surface area (Å²) in [6.45, 7) is 0. The molecule has 3 aliphatic rings. The van der Waals surface area contributed by atoms with Gasteiger partial charge < -0.3 is 4.90 Å². The molecule has 0 unspecified atom stereocenters. The number of halogens is 1. The van der Waals surface area contributed by atoms with Crippen LogP contribution in [0.2, 0.25) is 0 Å². The van der Waals surface area contributed by atoms with Gasteiger partial charge in [-0.05, 0) is 120 Å². The van der Waals surface area contributed by atoms with Gasteiger partial charge in [-0.3, -0.25) is 0 Å². The molecule has 0 saturated heterocycles. The second kappa shape index (κ2) is 12.9. The van der Waals surface area contributed by atoms with E-state index in [2.05, 4.69) is 200 Å². The van der Waals surface area contributed by atoms with Crippen LogP contribution in [0.4, 0.5) is 21.5 Å². The fraction of sp³-hybridized carbons (Fsp3) is 0.0351. The second-order valence-corrected chi connectivity index (χ2v) is 16.0. The molecule has 9 aromatic rings. The minimum absolute atomic E-state index is 0.273. The highest BCUT2D eigenvalue weighted by Crippen LogP contribution is 2.64. The molecule has 60 heavy (non-hydrogen) atoms. The van der Waals surface area contributed by atoms with E-state index in [0.29, 0.717) is 5.69 Å². The maximum Gasteiger partial charge on any atom is 0.148 e. The fourth-order valence-electron chi connectivity index (χ4n) is 11.0. The zero-order valence-electron chi connectivity index (χ0n) is 32.5. The first kappa shape index (κ1) is 34.3. The van der Waals surface area contributed by atoms with E-state index in [-0.39, 0.29) is 5.56 Å². The average Bonchev–Trinajstić information content (AvgIpc) is 3.90. The van der Waals surface area contributed by atoms with E-state index in [1.807, 2.05) is 4.90 Å². The highest BCUT2D eigenvalue weighted by molar-refractivity contribution is 5.97. The van der Waals surface area contributed by atoms with E-state index in [9.17, 15) is 5.26 Å². The Kier molecular flexibility index (Phi) is 7.34. The lowest BCUT2D eigenvalue weighted by Gasteiger charge is -2.35. The molecule has 3 aliphatic carbocycles. The highest BCUT2D eigenvalue weighted by atomic mass is 19.1. The van der Waals surface area contributed by atoms with Gasteiger partial charge in [0, 0.05) is 11.4 Å². The summed E-state index contributed by atoms with van der Waals surface area (Å²) < 4.78 is 16.8. The van der Waals surface area contributed by atoms with Gasteiger partial charge in [-0.15, -0.1) is 0 Å². The minimum Gasteiger partial charge on any atom is -0.308 e. The van der Waals surface area contributed by atoms with Crippen molar-refractivity contribution in [2.75, 3.05) is 4.90 Å². The predicted molar refractivity (Wildman–Crippen MR) is 239 cm³/mol. The largest absolute Gasteiger partial charge is 0.308 e. The van der Waals surface area contributed by atoms with Crippen molar-refractivity contribution in [3.8, 4) is 39.4 Å². The Hall–Kier alpha value is -7.80. The fourth-order valence-corrected chi connectivity index (χ4v) is 11.0. The van der Waals surface area contributed by atoms with E-state index in [0.717, 1.165) is 44.8 Å².